The minimum absolute atomic E-state index is 0.418. The zero-order valence-electron chi connectivity index (χ0n) is 12.0. The van der Waals surface area contributed by atoms with Gasteiger partial charge in [-0.05, 0) is 24.1 Å². The molecule has 110 valence electrons. The van der Waals surface area contributed by atoms with Gasteiger partial charge in [-0.1, -0.05) is 48.5 Å². The fraction of sp³-hybridized carbons (Fsp3) is 0.235. The van der Waals surface area contributed by atoms with Gasteiger partial charge >= 0.3 is 6.09 Å². The van der Waals surface area contributed by atoms with Gasteiger partial charge in [0.1, 0.15) is 5.75 Å². The van der Waals surface area contributed by atoms with Gasteiger partial charge in [0.2, 0.25) is 0 Å². The third-order valence-corrected chi connectivity index (χ3v) is 3.18. The zero-order valence-corrected chi connectivity index (χ0v) is 12.0. The van der Waals surface area contributed by atoms with Crippen LogP contribution < -0.4 is 4.74 Å². The van der Waals surface area contributed by atoms with Crippen molar-refractivity contribution in [1.82, 2.24) is 4.90 Å². The monoisotopic (exact) mass is 285 g/mol. The van der Waals surface area contributed by atoms with Gasteiger partial charge < -0.3 is 14.7 Å². The number of para-hydroxylation sites is 1. The molecule has 0 aliphatic carbocycles. The van der Waals surface area contributed by atoms with E-state index in [1.54, 1.807) is 19.2 Å². The molecule has 1 atom stereocenters. The van der Waals surface area contributed by atoms with Crippen molar-refractivity contribution in [3.05, 3.63) is 66.2 Å². The van der Waals surface area contributed by atoms with E-state index in [0.29, 0.717) is 18.7 Å². The number of carbonyl (C=O) groups excluding carboxylic acids is 1. The molecule has 0 aromatic heterocycles. The summed E-state index contributed by atoms with van der Waals surface area (Å²) in [4.78, 5) is 13.3. The van der Waals surface area contributed by atoms with E-state index >= 15 is 0 Å². The van der Waals surface area contributed by atoms with Crippen LogP contribution in [0.15, 0.2) is 60.7 Å². The number of hydrogen-bond donors (Lipinski definition) is 1. The van der Waals surface area contributed by atoms with Gasteiger partial charge in [0.15, 0.2) is 0 Å². The van der Waals surface area contributed by atoms with Crippen LogP contribution in [0.25, 0.3) is 0 Å². The van der Waals surface area contributed by atoms with Crippen LogP contribution in [-0.4, -0.2) is 29.7 Å². The minimum Gasteiger partial charge on any atom is -0.410 e. The summed E-state index contributed by atoms with van der Waals surface area (Å²) in [6.45, 7) is 0.418. The Balaban J connectivity index is 1.81. The van der Waals surface area contributed by atoms with E-state index in [9.17, 15) is 9.90 Å². The van der Waals surface area contributed by atoms with E-state index in [1.807, 2.05) is 48.5 Å². The molecule has 0 aliphatic heterocycles. The van der Waals surface area contributed by atoms with E-state index in [-0.39, 0.29) is 0 Å². The molecule has 2 aromatic carbocycles. The molecule has 1 N–H and O–H groups in total. The highest BCUT2D eigenvalue weighted by Crippen LogP contribution is 2.16. The van der Waals surface area contributed by atoms with Crippen LogP contribution in [0, 0.1) is 0 Å². The highest BCUT2D eigenvalue weighted by Gasteiger charge is 2.14. The predicted molar refractivity (Wildman–Crippen MR) is 81.1 cm³/mol. The van der Waals surface area contributed by atoms with Gasteiger partial charge in [-0.3, -0.25) is 0 Å². The second-order valence-electron chi connectivity index (χ2n) is 4.82. The standard InChI is InChI=1S/C17H19NO3/c1-18(17(20)21-15-10-6-3-7-11-15)13-12-16(19)14-8-4-2-5-9-14/h2-11,16,19H,12-13H2,1H3. The molecular formula is C17H19NO3. The van der Waals surface area contributed by atoms with Gasteiger partial charge in [-0.2, -0.15) is 0 Å². The quantitative estimate of drug-likeness (QED) is 0.917. The normalized spacial score (nSPS) is 11.7. The Morgan fingerprint density at radius 1 is 1.10 bits per heavy atom. The molecule has 0 saturated heterocycles. The molecule has 2 aromatic rings. The van der Waals surface area contributed by atoms with Crippen molar-refractivity contribution < 1.29 is 14.6 Å². The predicted octanol–water partition coefficient (Wildman–Crippen LogP) is 3.24. The Kier molecular flexibility index (Phi) is 5.35. The average Bonchev–Trinajstić information content (AvgIpc) is 2.54. The summed E-state index contributed by atoms with van der Waals surface area (Å²) in [6.07, 6.45) is -0.552. The molecule has 0 bridgehead atoms. The molecule has 4 nitrogen and oxygen atoms in total. The number of ether oxygens (including phenoxy) is 1. The third kappa shape index (κ3) is 4.61. The number of aliphatic hydroxyl groups is 1. The summed E-state index contributed by atoms with van der Waals surface area (Å²) in [5, 5.41) is 10.1. The first-order valence-electron chi connectivity index (χ1n) is 6.88. The van der Waals surface area contributed by atoms with Gasteiger partial charge in [-0.15, -0.1) is 0 Å². The molecule has 0 radical (unpaired) electrons. The van der Waals surface area contributed by atoms with Crippen molar-refractivity contribution in [2.24, 2.45) is 0 Å². The Morgan fingerprint density at radius 3 is 2.29 bits per heavy atom. The van der Waals surface area contributed by atoms with Crippen LogP contribution in [0.3, 0.4) is 0 Å². The van der Waals surface area contributed by atoms with Crippen LogP contribution in [0.2, 0.25) is 0 Å². The first-order chi connectivity index (χ1) is 10.2. The highest BCUT2D eigenvalue weighted by atomic mass is 16.6. The van der Waals surface area contributed by atoms with Crippen LogP contribution in [-0.2, 0) is 0 Å². The van der Waals surface area contributed by atoms with Crippen molar-refractivity contribution in [3.8, 4) is 5.75 Å². The number of carbonyl (C=O) groups is 1. The number of amides is 1. The third-order valence-electron chi connectivity index (χ3n) is 3.18. The number of rotatable bonds is 5. The second-order valence-corrected chi connectivity index (χ2v) is 4.82. The Morgan fingerprint density at radius 2 is 1.67 bits per heavy atom. The van der Waals surface area contributed by atoms with Gasteiger partial charge in [-0.25, -0.2) is 4.79 Å². The molecule has 2 rings (SSSR count). The maximum absolute atomic E-state index is 11.9. The lowest BCUT2D eigenvalue weighted by molar-refractivity contribution is 0.134. The van der Waals surface area contributed by atoms with Crippen molar-refractivity contribution in [2.45, 2.75) is 12.5 Å². The summed E-state index contributed by atoms with van der Waals surface area (Å²) in [5.74, 6) is 0.512. The molecule has 0 aliphatic rings. The Hall–Kier alpha value is -2.33. The topological polar surface area (TPSA) is 49.8 Å². The molecule has 0 fully saturated rings. The van der Waals surface area contributed by atoms with E-state index in [4.69, 9.17) is 4.74 Å². The maximum Gasteiger partial charge on any atom is 0.414 e. The Bertz CT molecular complexity index is 557. The molecule has 4 heteroatoms. The van der Waals surface area contributed by atoms with Crippen LogP contribution in [0.5, 0.6) is 5.75 Å². The summed E-state index contributed by atoms with van der Waals surface area (Å²) in [7, 11) is 1.66. The molecule has 0 saturated carbocycles. The van der Waals surface area contributed by atoms with Crippen molar-refractivity contribution in [3.63, 3.8) is 0 Å². The maximum atomic E-state index is 11.9. The van der Waals surface area contributed by atoms with Crippen LogP contribution in [0.1, 0.15) is 18.1 Å². The van der Waals surface area contributed by atoms with Crippen LogP contribution in [0.4, 0.5) is 4.79 Å². The highest BCUT2D eigenvalue weighted by molar-refractivity contribution is 5.70. The van der Waals surface area contributed by atoms with Crippen molar-refractivity contribution in [2.75, 3.05) is 13.6 Å². The summed E-state index contributed by atoms with van der Waals surface area (Å²) in [6, 6.07) is 18.3. The summed E-state index contributed by atoms with van der Waals surface area (Å²) in [5.41, 5.74) is 0.849. The number of benzene rings is 2. The van der Waals surface area contributed by atoms with Crippen molar-refractivity contribution >= 4 is 6.09 Å². The largest absolute Gasteiger partial charge is 0.414 e. The molecule has 1 amide bonds. The second kappa shape index (κ2) is 7.45. The van der Waals surface area contributed by atoms with Crippen molar-refractivity contribution in [1.29, 1.82) is 0 Å². The number of nitrogens with zero attached hydrogens (tertiary/aromatic N) is 1. The SMILES string of the molecule is CN(CCC(O)c1ccccc1)C(=O)Oc1ccccc1. The van der Waals surface area contributed by atoms with E-state index in [2.05, 4.69) is 0 Å². The van der Waals surface area contributed by atoms with Crippen LogP contribution >= 0.6 is 0 Å². The van der Waals surface area contributed by atoms with Gasteiger partial charge in [0.05, 0.1) is 6.10 Å². The van der Waals surface area contributed by atoms with E-state index in [0.717, 1.165) is 5.56 Å². The lowest BCUT2D eigenvalue weighted by Crippen LogP contribution is -2.31. The summed E-state index contributed by atoms with van der Waals surface area (Å²) < 4.78 is 5.22. The number of hydrogen-bond acceptors (Lipinski definition) is 3. The number of aliphatic hydroxyl groups excluding tert-OH is 1. The molecular weight excluding hydrogens is 266 g/mol. The molecule has 1 unspecified atom stereocenters. The van der Waals surface area contributed by atoms with Gasteiger partial charge in [0.25, 0.3) is 0 Å². The minimum atomic E-state index is -0.585. The van der Waals surface area contributed by atoms with E-state index < -0.39 is 12.2 Å². The van der Waals surface area contributed by atoms with Gasteiger partial charge in [0, 0.05) is 13.6 Å². The lowest BCUT2D eigenvalue weighted by atomic mass is 10.1. The fourth-order valence-electron chi connectivity index (χ4n) is 1.92. The molecule has 0 spiro atoms. The van der Waals surface area contributed by atoms with E-state index in [1.165, 1.54) is 4.90 Å². The first kappa shape index (κ1) is 15.1. The molecule has 0 heterocycles. The lowest BCUT2D eigenvalue weighted by Gasteiger charge is -2.19. The smallest absolute Gasteiger partial charge is 0.410 e. The zero-order chi connectivity index (χ0) is 15.1. The average molecular weight is 285 g/mol. The fourth-order valence-corrected chi connectivity index (χ4v) is 1.92. The Labute approximate surface area is 124 Å². The first-order valence-corrected chi connectivity index (χ1v) is 6.88. The summed E-state index contributed by atoms with van der Waals surface area (Å²) >= 11 is 0. The molecule has 21 heavy (non-hydrogen) atoms.